The SMILES string of the molecule is CC(C)OC(=O)[C@H]1CCC[C@H](Oc2ccc(-c3nnn(C)c3COC(=O)N(C)CC3CCC3)nc2C=O)C1. The molecule has 11 heteroatoms. The zero-order valence-electron chi connectivity index (χ0n) is 22.6. The number of carbonyl (C=O) groups is 3. The van der Waals surface area contributed by atoms with Crippen LogP contribution in [0.3, 0.4) is 0 Å². The molecular weight excluding hydrogens is 490 g/mol. The fourth-order valence-corrected chi connectivity index (χ4v) is 4.87. The third-order valence-electron chi connectivity index (χ3n) is 7.19. The standard InChI is InChI=1S/C27H37N5O6/c1-17(2)37-26(34)19-9-6-10-20(13-19)38-24-12-11-21(28-22(24)15-33)25-23(32(4)30-29-25)16-36-27(35)31(3)14-18-7-5-8-18/h11-12,15,17-20H,5-10,13-14,16H2,1-4H3/t19-,20-/m0/s1. The van der Waals surface area contributed by atoms with Crippen molar-refractivity contribution in [3.8, 4) is 17.1 Å². The van der Waals surface area contributed by atoms with Gasteiger partial charge in [-0.15, -0.1) is 5.10 Å². The molecule has 38 heavy (non-hydrogen) atoms. The highest BCUT2D eigenvalue weighted by Gasteiger charge is 2.31. The topological polar surface area (TPSA) is 126 Å². The minimum Gasteiger partial charge on any atom is -0.488 e. The van der Waals surface area contributed by atoms with Gasteiger partial charge in [0, 0.05) is 20.6 Å². The maximum absolute atomic E-state index is 12.5. The number of aldehydes is 1. The van der Waals surface area contributed by atoms with Crippen molar-refractivity contribution in [1.29, 1.82) is 0 Å². The second-order valence-corrected chi connectivity index (χ2v) is 10.5. The monoisotopic (exact) mass is 527 g/mol. The van der Waals surface area contributed by atoms with Crippen LogP contribution in [-0.4, -0.2) is 69.0 Å². The average molecular weight is 528 g/mol. The molecule has 2 atom stereocenters. The molecule has 2 fully saturated rings. The van der Waals surface area contributed by atoms with Crippen LogP contribution >= 0.6 is 0 Å². The normalized spacial score (nSPS) is 19.5. The number of pyridine rings is 1. The van der Waals surface area contributed by atoms with Gasteiger partial charge < -0.3 is 19.1 Å². The smallest absolute Gasteiger partial charge is 0.409 e. The summed E-state index contributed by atoms with van der Waals surface area (Å²) in [6.45, 7) is 4.32. The Bertz CT molecular complexity index is 1140. The van der Waals surface area contributed by atoms with Gasteiger partial charge in [0.05, 0.1) is 23.8 Å². The lowest BCUT2D eigenvalue weighted by Gasteiger charge is -2.29. The third-order valence-corrected chi connectivity index (χ3v) is 7.19. The Labute approximate surface area is 222 Å². The molecule has 206 valence electrons. The van der Waals surface area contributed by atoms with Gasteiger partial charge in [0.2, 0.25) is 0 Å². The Kier molecular flexibility index (Phi) is 8.96. The third kappa shape index (κ3) is 6.68. The number of rotatable bonds is 10. The van der Waals surface area contributed by atoms with E-state index in [1.165, 1.54) is 11.1 Å². The summed E-state index contributed by atoms with van der Waals surface area (Å²) >= 11 is 0. The summed E-state index contributed by atoms with van der Waals surface area (Å²) in [6, 6.07) is 3.38. The number of aromatic nitrogens is 4. The van der Waals surface area contributed by atoms with Crippen LogP contribution in [0, 0.1) is 11.8 Å². The van der Waals surface area contributed by atoms with Gasteiger partial charge in [-0.2, -0.15) is 0 Å². The molecule has 0 N–H and O–H groups in total. The van der Waals surface area contributed by atoms with E-state index in [9.17, 15) is 14.4 Å². The average Bonchev–Trinajstić information content (AvgIpc) is 3.24. The summed E-state index contributed by atoms with van der Waals surface area (Å²) in [7, 11) is 3.45. The molecule has 1 amide bonds. The first-order valence-corrected chi connectivity index (χ1v) is 13.3. The molecule has 2 aromatic rings. The Morgan fingerprint density at radius 3 is 2.63 bits per heavy atom. The van der Waals surface area contributed by atoms with E-state index in [1.807, 2.05) is 13.8 Å². The van der Waals surface area contributed by atoms with Crippen LogP contribution in [0.1, 0.15) is 75.0 Å². The lowest BCUT2D eigenvalue weighted by Crippen LogP contribution is -2.34. The number of amides is 1. The van der Waals surface area contributed by atoms with E-state index in [1.54, 1.807) is 31.1 Å². The van der Waals surface area contributed by atoms with E-state index < -0.39 is 6.09 Å². The number of aryl methyl sites for hydroxylation is 1. The fourth-order valence-electron chi connectivity index (χ4n) is 4.87. The molecule has 2 heterocycles. The number of hydrogen-bond donors (Lipinski definition) is 0. The molecule has 2 aliphatic rings. The minimum atomic E-state index is -0.405. The summed E-state index contributed by atoms with van der Waals surface area (Å²) in [5.74, 6) is 0.464. The highest BCUT2D eigenvalue weighted by atomic mass is 16.6. The van der Waals surface area contributed by atoms with Crippen molar-refractivity contribution in [3.63, 3.8) is 0 Å². The largest absolute Gasteiger partial charge is 0.488 e. The van der Waals surface area contributed by atoms with Gasteiger partial charge in [0.25, 0.3) is 0 Å². The van der Waals surface area contributed by atoms with Crippen LogP contribution in [0.2, 0.25) is 0 Å². The first kappa shape index (κ1) is 27.5. The van der Waals surface area contributed by atoms with Gasteiger partial charge in [0.1, 0.15) is 29.4 Å². The van der Waals surface area contributed by atoms with Crippen molar-refractivity contribution in [3.05, 3.63) is 23.5 Å². The predicted octanol–water partition coefficient (Wildman–Crippen LogP) is 3.95. The van der Waals surface area contributed by atoms with Crippen molar-refractivity contribution in [2.45, 2.75) is 77.6 Å². The molecule has 0 radical (unpaired) electrons. The molecule has 2 aromatic heterocycles. The predicted molar refractivity (Wildman–Crippen MR) is 137 cm³/mol. The molecule has 0 spiro atoms. The molecular formula is C27H37N5O6. The second-order valence-electron chi connectivity index (χ2n) is 10.5. The van der Waals surface area contributed by atoms with Crippen molar-refractivity contribution in [2.75, 3.05) is 13.6 Å². The Hall–Kier alpha value is -3.50. The van der Waals surface area contributed by atoms with Crippen LogP contribution in [-0.2, 0) is 27.9 Å². The summed E-state index contributed by atoms with van der Waals surface area (Å²) in [6.07, 6.45) is 6.25. The Morgan fingerprint density at radius 2 is 1.95 bits per heavy atom. The number of ether oxygens (including phenoxy) is 3. The van der Waals surface area contributed by atoms with Gasteiger partial charge in [0.15, 0.2) is 6.29 Å². The number of nitrogens with zero attached hydrogens (tertiary/aromatic N) is 5. The molecule has 0 saturated heterocycles. The summed E-state index contributed by atoms with van der Waals surface area (Å²) in [5.41, 5.74) is 1.53. The van der Waals surface area contributed by atoms with E-state index in [-0.39, 0.29) is 36.4 Å². The van der Waals surface area contributed by atoms with Gasteiger partial charge in [-0.25, -0.2) is 14.5 Å². The van der Waals surface area contributed by atoms with Crippen LogP contribution in [0.25, 0.3) is 11.4 Å². The van der Waals surface area contributed by atoms with Crippen molar-refractivity contribution >= 4 is 18.3 Å². The molecule has 2 saturated carbocycles. The van der Waals surface area contributed by atoms with Gasteiger partial charge in [-0.3, -0.25) is 9.59 Å². The van der Waals surface area contributed by atoms with Crippen LogP contribution in [0.4, 0.5) is 4.79 Å². The van der Waals surface area contributed by atoms with Crippen LogP contribution in [0.5, 0.6) is 5.75 Å². The van der Waals surface area contributed by atoms with Crippen LogP contribution < -0.4 is 4.74 Å². The van der Waals surface area contributed by atoms with E-state index in [2.05, 4.69) is 15.3 Å². The number of hydrogen-bond acceptors (Lipinski definition) is 9. The molecule has 0 bridgehead atoms. The molecule has 11 nitrogen and oxygen atoms in total. The Morgan fingerprint density at radius 1 is 1.18 bits per heavy atom. The minimum absolute atomic E-state index is 0.0288. The fraction of sp³-hybridized carbons (Fsp3) is 0.630. The molecule has 2 aliphatic carbocycles. The number of carbonyl (C=O) groups excluding carboxylic acids is 3. The first-order chi connectivity index (χ1) is 18.2. The summed E-state index contributed by atoms with van der Waals surface area (Å²) in [4.78, 5) is 42.8. The van der Waals surface area contributed by atoms with Crippen molar-refractivity contribution in [1.82, 2.24) is 24.9 Å². The maximum atomic E-state index is 12.5. The second kappa shape index (κ2) is 12.4. The van der Waals surface area contributed by atoms with E-state index >= 15 is 0 Å². The number of esters is 1. The molecule has 0 unspecified atom stereocenters. The molecule has 4 rings (SSSR count). The molecule has 0 aliphatic heterocycles. The highest BCUT2D eigenvalue weighted by molar-refractivity contribution is 5.78. The van der Waals surface area contributed by atoms with Gasteiger partial charge in [-0.1, -0.05) is 11.6 Å². The quantitative estimate of drug-likeness (QED) is 0.333. The van der Waals surface area contributed by atoms with Gasteiger partial charge >= 0.3 is 12.1 Å². The zero-order chi connectivity index (χ0) is 27.2. The lowest BCUT2D eigenvalue weighted by molar-refractivity contribution is -0.154. The maximum Gasteiger partial charge on any atom is 0.409 e. The zero-order valence-corrected chi connectivity index (χ0v) is 22.6. The van der Waals surface area contributed by atoms with Crippen molar-refractivity contribution < 1.29 is 28.6 Å². The van der Waals surface area contributed by atoms with Crippen molar-refractivity contribution in [2.24, 2.45) is 18.9 Å². The summed E-state index contributed by atoms with van der Waals surface area (Å²) < 4.78 is 18.5. The Balaban J connectivity index is 1.42. The summed E-state index contributed by atoms with van der Waals surface area (Å²) in [5, 5.41) is 8.25. The highest BCUT2D eigenvalue weighted by Crippen LogP contribution is 2.31. The van der Waals surface area contributed by atoms with Crippen LogP contribution in [0.15, 0.2) is 12.1 Å². The lowest BCUT2D eigenvalue weighted by atomic mass is 9.85. The van der Waals surface area contributed by atoms with E-state index in [4.69, 9.17) is 14.2 Å². The van der Waals surface area contributed by atoms with Gasteiger partial charge in [-0.05, 0) is 70.4 Å². The van der Waals surface area contributed by atoms with E-state index in [0.717, 1.165) is 32.1 Å². The van der Waals surface area contributed by atoms with E-state index in [0.29, 0.717) is 48.0 Å². The first-order valence-electron chi connectivity index (χ1n) is 13.3. The molecule has 0 aromatic carbocycles.